The van der Waals surface area contributed by atoms with Gasteiger partial charge in [0.25, 0.3) is 0 Å². The smallest absolute Gasteiger partial charge is 0.247 e. The Kier molecular flexibility index (Phi) is 4.28. The zero-order chi connectivity index (χ0) is 16.4. The molecule has 1 atom stereocenters. The Morgan fingerprint density at radius 1 is 1.35 bits per heavy atom. The second-order valence-electron chi connectivity index (χ2n) is 5.88. The van der Waals surface area contributed by atoms with E-state index in [0.29, 0.717) is 29.4 Å². The molecule has 3 aliphatic rings. The molecule has 23 heavy (non-hydrogen) atoms. The van der Waals surface area contributed by atoms with E-state index in [9.17, 15) is 9.18 Å². The lowest BCUT2D eigenvalue weighted by Crippen LogP contribution is -2.19. The summed E-state index contributed by atoms with van der Waals surface area (Å²) in [6, 6.07) is 0. The predicted octanol–water partition coefficient (Wildman–Crippen LogP) is 3.12. The summed E-state index contributed by atoms with van der Waals surface area (Å²) in [5.74, 6) is 0.526. The number of carbonyl (C=O) groups is 1. The number of rotatable bonds is 2. The number of hydrogen-bond donors (Lipinski definition) is 1. The molecular formula is C18H19FN2O2. The molecule has 4 nitrogen and oxygen atoms in total. The van der Waals surface area contributed by atoms with Crippen LogP contribution in [0.4, 0.5) is 4.39 Å². The third-order valence-corrected chi connectivity index (χ3v) is 4.15. The normalized spacial score (nSPS) is 23.7. The molecule has 1 N–H and O–H groups in total. The van der Waals surface area contributed by atoms with Crippen molar-refractivity contribution >= 4 is 11.6 Å². The number of fused-ring (bicyclic) bond motifs is 2. The van der Waals surface area contributed by atoms with E-state index in [0.717, 1.165) is 12.2 Å². The van der Waals surface area contributed by atoms with Crippen molar-refractivity contribution in [1.82, 2.24) is 5.32 Å². The van der Waals surface area contributed by atoms with Crippen molar-refractivity contribution in [2.45, 2.75) is 19.8 Å². The van der Waals surface area contributed by atoms with Gasteiger partial charge in [-0.25, -0.2) is 4.39 Å². The van der Waals surface area contributed by atoms with Crippen LogP contribution in [0.1, 0.15) is 19.8 Å². The van der Waals surface area contributed by atoms with E-state index in [4.69, 9.17) is 4.74 Å². The van der Waals surface area contributed by atoms with Crippen molar-refractivity contribution in [3.05, 3.63) is 58.8 Å². The Balaban J connectivity index is 1.98. The molecule has 5 heteroatoms. The maximum absolute atomic E-state index is 14.1. The molecule has 0 aromatic rings. The van der Waals surface area contributed by atoms with Gasteiger partial charge < -0.3 is 10.1 Å². The van der Waals surface area contributed by atoms with Crippen molar-refractivity contribution in [2.24, 2.45) is 10.9 Å². The first-order valence-corrected chi connectivity index (χ1v) is 7.66. The van der Waals surface area contributed by atoms with E-state index >= 15 is 0 Å². The summed E-state index contributed by atoms with van der Waals surface area (Å²) in [4.78, 5) is 16.2. The van der Waals surface area contributed by atoms with Crippen molar-refractivity contribution < 1.29 is 13.9 Å². The average molecular weight is 314 g/mol. The number of hydrogen-bond acceptors (Lipinski definition) is 3. The van der Waals surface area contributed by atoms with Crippen LogP contribution >= 0.6 is 0 Å². The van der Waals surface area contributed by atoms with Gasteiger partial charge >= 0.3 is 0 Å². The quantitative estimate of drug-likeness (QED) is 0.851. The predicted molar refractivity (Wildman–Crippen MR) is 87.4 cm³/mol. The molecule has 0 spiro atoms. The fourth-order valence-electron chi connectivity index (χ4n) is 2.73. The molecule has 120 valence electrons. The number of nitrogens with one attached hydrogen (secondary N) is 1. The van der Waals surface area contributed by atoms with Gasteiger partial charge in [-0.1, -0.05) is 24.6 Å². The van der Waals surface area contributed by atoms with E-state index in [1.807, 2.05) is 6.08 Å². The standard InChI is InChI=1S/C18H19FN2O2/c1-11-10-23-16-7-14(11)8-17(21-9-16)12-3-4-13(18(22)20-2)6-15(19)5-12/h3-5,8-9,11H,6-7,10H2,1-2H3,(H,20,22). The lowest BCUT2D eigenvalue weighted by atomic mass is 9.93. The van der Waals surface area contributed by atoms with Crippen molar-refractivity contribution in [3.8, 4) is 0 Å². The molecule has 0 aromatic carbocycles. The van der Waals surface area contributed by atoms with Gasteiger partial charge in [0, 0.05) is 37.0 Å². The first-order chi connectivity index (χ1) is 11.1. The van der Waals surface area contributed by atoms with Crippen LogP contribution in [0.2, 0.25) is 0 Å². The van der Waals surface area contributed by atoms with Crippen LogP contribution in [-0.2, 0) is 9.53 Å². The summed E-state index contributed by atoms with van der Waals surface area (Å²) < 4.78 is 19.8. The number of likely N-dealkylation sites (N-methyl/N-ethyl adjacent to an activating group) is 1. The molecule has 1 fully saturated rings. The summed E-state index contributed by atoms with van der Waals surface area (Å²) >= 11 is 0. The van der Waals surface area contributed by atoms with Crippen LogP contribution in [0.3, 0.4) is 0 Å². The monoisotopic (exact) mass is 314 g/mol. The third kappa shape index (κ3) is 3.33. The molecule has 1 aliphatic carbocycles. The Morgan fingerprint density at radius 3 is 2.96 bits per heavy atom. The fourth-order valence-corrected chi connectivity index (χ4v) is 2.73. The SMILES string of the molecule is CNC(=O)C1=CC=C(C2=NC=C3CC(=C2)C(C)CO3)C=C(F)C1. The number of carbonyl (C=O) groups excluding carboxylic acids is 1. The Morgan fingerprint density at radius 2 is 2.17 bits per heavy atom. The topological polar surface area (TPSA) is 50.7 Å². The number of allylic oxidation sites excluding steroid dienone is 7. The maximum Gasteiger partial charge on any atom is 0.247 e. The van der Waals surface area contributed by atoms with Crippen LogP contribution in [0, 0.1) is 5.92 Å². The minimum atomic E-state index is -0.353. The lowest BCUT2D eigenvalue weighted by Gasteiger charge is -2.23. The number of ether oxygens (including phenoxy) is 1. The van der Waals surface area contributed by atoms with Gasteiger partial charge in [-0.2, -0.15) is 0 Å². The van der Waals surface area contributed by atoms with Crippen molar-refractivity contribution in [2.75, 3.05) is 13.7 Å². The molecular weight excluding hydrogens is 295 g/mol. The molecule has 1 saturated heterocycles. The molecule has 1 amide bonds. The summed E-state index contributed by atoms with van der Waals surface area (Å²) in [7, 11) is 1.54. The Bertz CT molecular complexity index is 723. The van der Waals surface area contributed by atoms with Gasteiger partial charge in [0.1, 0.15) is 11.6 Å². The number of amides is 1. The fraction of sp³-hybridized carbons (Fsp3) is 0.333. The molecule has 2 aliphatic heterocycles. The average Bonchev–Trinajstić information content (AvgIpc) is 2.85. The Hall–Kier alpha value is -2.43. The third-order valence-electron chi connectivity index (χ3n) is 4.15. The van der Waals surface area contributed by atoms with Gasteiger partial charge in [-0.3, -0.25) is 9.79 Å². The molecule has 0 saturated carbocycles. The van der Waals surface area contributed by atoms with Crippen molar-refractivity contribution in [1.29, 1.82) is 0 Å². The zero-order valence-electron chi connectivity index (χ0n) is 13.2. The molecule has 2 heterocycles. The highest BCUT2D eigenvalue weighted by Crippen LogP contribution is 2.30. The van der Waals surface area contributed by atoms with Gasteiger partial charge in [0.15, 0.2) is 0 Å². The highest BCUT2D eigenvalue weighted by Gasteiger charge is 2.22. The minimum Gasteiger partial charge on any atom is -0.495 e. The number of nitrogens with zero attached hydrogens (tertiary/aromatic N) is 1. The lowest BCUT2D eigenvalue weighted by molar-refractivity contribution is -0.117. The van der Waals surface area contributed by atoms with Gasteiger partial charge in [-0.05, 0) is 12.2 Å². The van der Waals surface area contributed by atoms with Gasteiger partial charge in [-0.15, -0.1) is 0 Å². The van der Waals surface area contributed by atoms with Crippen molar-refractivity contribution in [3.63, 3.8) is 0 Å². The maximum atomic E-state index is 14.1. The molecule has 0 aromatic heterocycles. The first kappa shape index (κ1) is 15.5. The van der Waals surface area contributed by atoms with Crippen LogP contribution in [0.25, 0.3) is 0 Å². The van der Waals surface area contributed by atoms with E-state index in [2.05, 4.69) is 17.2 Å². The van der Waals surface area contributed by atoms with E-state index in [1.54, 1.807) is 18.4 Å². The largest absolute Gasteiger partial charge is 0.495 e. The Labute approximate surface area is 134 Å². The van der Waals surface area contributed by atoms with E-state index < -0.39 is 0 Å². The first-order valence-electron chi connectivity index (χ1n) is 7.66. The second kappa shape index (κ2) is 6.36. The number of halogens is 1. The summed E-state index contributed by atoms with van der Waals surface area (Å²) in [6.07, 6.45) is 9.28. The van der Waals surface area contributed by atoms with E-state index in [-0.39, 0.29) is 18.2 Å². The molecule has 2 bridgehead atoms. The summed E-state index contributed by atoms with van der Waals surface area (Å²) in [6.45, 7) is 2.75. The van der Waals surface area contributed by atoms with Gasteiger partial charge in [0.2, 0.25) is 5.91 Å². The molecule has 3 rings (SSSR count). The zero-order valence-corrected chi connectivity index (χ0v) is 13.2. The van der Waals surface area contributed by atoms with Crippen LogP contribution in [0.5, 0.6) is 0 Å². The molecule has 0 radical (unpaired) electrons. The number of aliphatic imine (C=N–C) groups is 1. The van der Waals surface area contributed by atoms with Crippen LogP contribution in [0.15, 0.2) is 63.8 Å². The second-order valence-corrected chi connectivity index (χ2v) is 5.88. The summed E-state index contributed by atoms with van der Waals surface area (Å²) in [5, 5.41) is 2.52. The van der Waals surface area contributed by atoms with E-state index in [1.165, 1.54) is 18.7 Å². The van der Waals surface area contributed by atoms with Crippen LogP contribution in [-0.4, -0.2) is 25.3 Å². The highest BCUT2D eigenvalue weighted by atomic mass is 19.1. The van der Waals surface area contributed by atoms with Gasteiger partial charge in [0.05, 0.1) is 18.5 Å². The highest BCUT2D eigenvalue weighted by molar-refractivity contribution is 6.11. The summed E-state index contributed by atoms with van der Waals surface area (Å²) in [5.41, 5.74) is 2.97. The molecule has 1 unspecified atom stereocenters. The van der Waals surface area contributed by atoms with Crippen LogP contribution < -0.4 is 5.32 Å². The minimum absolute atomic E-state index is 0.00979.